The van der Waals surface area contributed by atoms with Crippen molar-refractivity contribution in [3.8, 4) is 0 Å². The van der Waals surface area contributed by atoms with Crippen molar-refractivity contribution >= 4 is 56.9 Å². The molecule has 1 aliphatic rings. The molecule has 0 radical (unpaired) electrons. The van der Waals surface area contributed by atoms with E-state index in [-0.39, 0.29) is 18.0 Å². The van der Waals surface area contributed by atoms with Crippen molar-refractivity contribution in [2.75, 3.05) is 18.4 Å². The molecule has 34 heavy (non-hydrogen) atoms. The zero-order valence-corrected chi connectivity index (χ0v) is 20.2. The highest BCUT2D eigenvalue weighted by Crippen LogP contribution is 2.31. The summed E-state index contributed by atoms with van der Waals surface area (Å²) >= 11 is 12.7. The van der Waals surface area contributed by atoms with Gasteiger partial charge in [-0.3, -0.25) is 4.79 Å². The second-order valence-electron chi connectivity index (χ2n) is 8.60. The molecule has 0 spiro atoms. The number of H-pyrrole nitrogens is 1. The van der Waals surface area contributed by atoms with E-state index in [1.165, 1.54) is 6.33 Å². The van der Waals surface area contributed by atoms with Gasteiger partial charge in [0.15, 0.2) is 0 Å². The number of fused-ring (bicyclic) bond motifs is 2. The molecule has 0 aliphatic carbocycles. The molecule has 8 nitrogen and oxygen atoms in total. The number of rotatable bonds is 5. The number of aromatic nitrogens is 4. The predicted octanol–water partition coefficient (Wildman–Crippen LogP) is 4.94. The first-order chi connectivity index (χ1) is 16.4. The van der Waals surface area contributed by atoms with Crippen LogP contribution in [0.1, 0.15) is 48.4 Å². The number of imidazole rings is 1. The van der Waals surface area contributed by atoms with Crippen LogP contribution in [0.15, 0.2) is 36.7 Å². The summed E-state index contributed by atoms with van der Waals surface area (Å²) in [7, 11) is 0. The number of halogens is 2. The second-order valence-corrected chi connectivity index (χ2v) is 9.45. The number of hydrogen-bond acceptors (Lipinski definition) is 6. The molecule has 176 valence electrons. The van der Waals surface area contributed by atoms with Crippen molar-refractivity contribution in [1.29, 1.82) is 0 Å². The molecule has 0 unspecified atom stereocenters. The van der Waals surface area contributed by atoms with Crippen molar-refractivity contribution in [1.82, 2.24) is 24.8 Å². The first-order valence-corrected chi connectivity index (χ1v) is 12.1. The molecule has 1 amide bonds. The second kappa shape index (κ2) is 9.37. The monoisotopic (exact) mass is 497 g/mol. The Hall–Kier alpha value is -2.94. The van der Waals surface area contributed by atoms with Gasteiger partial charge in [0, 0.05) is 29.5 Å². The maximum absolute atomic E-state index is 13.3. The number of likely N-dealkylation sites (tertiary alicyclic amines) is 1. The van der Waals surface area contributed by atoms with Crippen LogP contribution in [0.2, 0.25) is 10.0 Å². The van der Waals surface area contributed by atoms with Crippen LogP contribution in [-0.4, -0.2) is 49.9 Å². The van der Waals surface area contributed by atoms with Crippen LogP contribution in [0.5, 0.6) is 0 Å². The van der Waals surface area contributed by atoms with Gasteiger partial charge >= 0.3 is 0 Å². The Morgan fingerprint density at radius 2 is 2.09 bits per heavy atom. The molecule has 1 saturated heterocycles. The lowest BCUT2D eigenvalue weighted by atomic mass is 10.0. The third kappa shape index (κ3) is 4.29. The number of nitrogens with zero attached hydrogens (tertiary/aromatic N) is 4. The van der Waals surface area contributed by atoms with Gasteiger partial charge in [-0.25, -0.2) is 15.0 Å². The fraction of sp³-hybridized carbons (Fsp3) is 0.333. The molecular weight excluding hydrogens is 473 g/mol. The average molecular weight is 498 g/mol. The summed E-state index contributed by atoms with van der Waals surface area (Å²) in [4.78, 5) is 31.9. The van der Waals surface area contributed by atoms with Crippen molar-refractivity contribution < 1.29 is 4.79 Å². The fourth-order valence-electron chi connectivity index (χ4n) is 4.50. The van der Waals surface area contributed by atoms with Crippen LogP contribution in [0.4, 0.5) is 5.82 Å². The number of anilines is 1. The number of aromatic amines is 1. The summed E-state index contributed by atoms with van der Waals surface area (Å²) in [5, 5.41) is 5.12. The highest BCUT2D eigenvalue weighted by Gasteiger charge is 2.28. The molecule has 3 heterocycles. The lowest BCUT2D eigenvalue weighted by Gasteiger charge is -2.35. The molecule has 0 bridgehead atoms. The Labute approximate surface area is 206 Å². The Morgan fingerprint density at radius 3 is 2.91 bits per heavy atom. The number of piperidine rings is 1. The van der Waals surface area contributed by atoms with E-state index < -0.39 is 0 Å². The maximum atomic E-state index is 13.3. The molecule has 4 N–H and O–H groups in total. The average Bonchev–Trinajstić information content (AvgIpc) is 3.27. The van der Waals surface area contributed by atoms with Crippen LogP contribution >= 0.6 is 23.2 Å². The molecule has 1 fully saturated rings. The summed E-state index contributed by atoms with van der Waals surface area (Å²) in [5.41, 5.74) is 8.68. The van der Waals surface area contributed by atoms with Crippen LogP contribution in [0.25, 0.3) is 21.9 Å². The molecule has 2 aromatic carbocycles. The molecule has 5 rings (SSSR count). The predicted molar refractivity (Wildman–Crippen MR) is 135 cm³/mol. The Bertz CT molecular complexity index is 1370. The lowest BCUT2D eigenvalue weighted by Crippen LogP contribution is -2.47. The van der Waals surface area contributed by atoms with Gasteiger partial charge in [0.05, 0.1) is 33.2 Å². The zero-order chi connectivity index (χ0) is 23.8. The van der Waals surface area contributed by atoms with Crippen molar-refractivity contribution in [2.24, 2.45) is 5.73 Å². The van der Waals surface area contributed by atoms with Gasteiger partial charge in [0.25, 0.3) is 5.91 Å². The highest BCUT2D eigenvalue weighted by atomic mass is 35.5. The number of carbonyl (C=O) groups excluding carboxylic acids is 1. The minimum atomic E-state index is -0.178. The van der Waals surface area contributed by atoms with Crippen molar-refractivity contribution in [2.45, 2.75) is 38.3 Å². The Kier molecular flexibility index (Phi) is 6.29. The standard InChI is InChI=1S/C24H25Cl2N7O/c1-13(22-31-19-6-5-14(25)8-21(19)32-22)30-23-17-9-18(26)16(10-20(17)28-12-29-23)24(34)33-7-3-2-4-15(33)11-27/h5-6,8-10,12-13,15H,2-4,7,11,27H2,1H3,(H,31,32)(H,28,29,30)/t13-,15-/m1/s1. The van der Waals surface area contributed by atoms with Gasteiger partial charge in [-0.1, -0.05) is 23.2 Å². The van der Waals surface area contributed by atoms with Crippen LogP contribution < -0.4 is 11.1 Å². The molecule has 1 aliphatic heterocycles. The van der Waals surface area contributed by atoms with Gasteiger partial charge in [0.1, 0.15) is 18.0 Å². The van der Waals surface area contributed by atoms with E-state index >= 15 is 0 Å². The summed E-state index contributed by atoms with van der Waals surface area (Å²) < 4.78 is 0. The van der Waals surface area contributed by atoms with E-state index in [9.17, 15) is 4.79 Å². The number of benzene rings is 2. The normalized spacial score (nSPS) is 17.3. The van der Waals surface area contributed by atoms with Crippen LogP contribution in [-0.2, 0) is 0 Å². The summed E-state index contributed by atoms with van der Waals surface area (Å²) in [6, 6.07) is 8.88. The molecule has 10 heteroatoms. The van der Waals surface area contributed by atoms with E-state index in [1.54, 1.807) is 12.1 Å². The highest BCUT2D eigenvalue weighted by molar-refractivity contribution is 6.35. The van der Waals surface area contributed by atoms with Crippen molar-refractivity contribution in [3.05, 3.63) is 58.1 Å². The minimum Gasteiger partial charge on any atom is -0.360 e. The molecule has 2 atom stereocenters. The summed E-state index contributed by atoms with van der Waals surface area (Å²) in [6.45, 7) is 3.11. The van der Waals surface area contributed by atoms with Gasteiger partial charge < -0.3 is 20.9 Å². The van der Waals surface area contributed by atoms with Crippen LogP contribution in [0, 0.1) is 0 Å². The van der Waals surface area contributed by atoms with E-state index in [2.05, 4.69) is 25.3 Å². The van der Waals surface area contributed by atoms with Gasteiger partial charge in [-0.2, -0.15) is 0 Å². The SMILES string of the molecule is C[C@@H](Nc1ncnc2cc(C(=O)N3CCCC[C@@H]3CN)c(Cl)cc12)c1nc2ccc(Cl)cc2[nH]1. The zero-order valence-electron chi connectivity index (χ0n) is 18.7. The van der Waals surface area contributed by atoms with E-state index in [0.29, 0.717) is 40.0 Å². The Balaban J connectivity index is 1.44. The number of amides is 1. The quantitative estimate of drug-likeness (QED) is 0.359. The smallest absolute Gasteiger partial charge is 0.255 e. The third-order valence-corrected chi connectivity index (χ3v) is 6.89. The first-order valence-electron chi connectivity index (χ1n) is 11.3. The third-order valence-electron chi connectivity index (χ3n) is 6.34. The molecule has 2 aromatic heterocycles. The van der Waals surface area contributed by atoms with Gasteiger partial charge in [0.2, 0.25) is 0 Å². The number of nitrogens with one attached hydrogen (secondary N) is 2. The molecule has 4 aromatic rings. The largest absolute Gasteiger partial charge is 0.360 e. The van der Waals surface area contributed by atoms with Crippen molar-refractivity contribution in [3.63, 3.8) is 0 Å². The Morgan fingerprint density at radius 1 is 1.24 bits per heavy atom. The fourth-order valence-corrected chi connectivity index (χ4v) is 4.92. The molecular formula is C24H25Cl2N7O. The van der Waals surface area contributed by atoms with Gasteiger partial charge in [-0.05, 0) is 56.5 Å². The maximum Gasteiger partial charge on any atom is 0.255 e. The minimum absolute atomic E-state index is 0.0372. The summed E-state index contributed by atoms with van der Waals surface area (Å²) in [5.74, 6) is 1.25. The van der Waals surface area contributed by atoms with E-state index in [0.717, 1.165) is 41.5 Å². The topological polar surface area (TPSA) is 113 Å². The van der Waals surface area contributed by atoms with Crippen LogP contribution in [0.3, 0.4) is 0 Å². The summed E-state index contributed by atoms with van der Waals surface area (Å²) in [6.07, 6.45) is 4.43. The first kappa shape index (κ1) is 22.8. The van der Waals surface area contributed by atoms with Gasteiger partial charge in [-0.15, -0.1) is 0 Å². The molecule has 0 saturated carbocycles. The number of carbonyl (C=O) groups is 1. The number of nitrogens with two attached hydrogens (primary N) is 1. The number of hydrogen-bond donors (Lipinski definition) is 3. The lowest BCUT2D eigenvalue weighted by molar-refractivity contribution is 0.0623. The van der Waals surface area contributed by atoms with E-state index in [1.807, 2.05) is 30.0 Å². The van der Waals surface area contributed by atoms with E-state index in [4.69, 9.17) is 28.9 Å².